The molecule has 1 aliphatic carbocycles. The van der Waals surface area contributed by atoms with Crippen LogP contribution in [0.5, 0.6) is 0 Å². The van der Waals surface area contributed by atoms with Crippen LogP contribution in [0.4, 0.5) is 0 Å². The molecule has 4 aliphatic rings. The van der Waals surface area contributed by atoms with E-state index in [4.69, 9.17) is 9.47 Å². The SMILES string of the molecule is C=CCCCOC(=O)[C@H]1[C@H]2C(=O)N(CCCO)C(C(=O)N(CC=C)C3CCCCC3)C23CC[C@]1(CC)O3. The molecule has 1 spiro atoms. The maximum atomic E-state index is 14.4. The van der Waals surface area contributed by atoms with E-state index in [0.717, 1.165) is 32.1 Å². The number of unbranched alkanes of at least 4 members (excludes halogenated alkanes) is 1. The molecule has 1 N–H and O–H groups in total. The summed E-state index contributed by atoms with van der Waals surface area (Å²) in [7, 11) is 0. The number of hydrogen-bond acceptors (Lipinski definition) is 6. The second-order valence-electron chi connectivity index (χ2n) is 11.1. The Hall–Kier alpha value is -2.19. The summed E-state index contributed by atoms with van der Waals surface area (Å²) in [5.41, 5.74) is -1.86. The van der Waals surface area contributed by atoms with Crippen molar-refractivity contribution in [1.29, 1.82) is 0 Å². The zero-order valence-corrected chi connectivity index (χ0v) is 22.4. The number of hydrogen-bond donors (Lipinski definition) is 1. The molecular weight excluding hydrogens is 472 g/mol. The normalized spacial score (nSPS) is 32.9. The lowest BCUT2D eigenvalue weighted by Gasteiger charge is -2.40. The molecule has 8 heteroatoms. The van der Waals surface area contributed by atoms with Crippen molar-refractivity contribution >= 4 is 17.8 Å². The van der Waals surface area contributed by atoms with Gasteiger partial charge in [0.1, 0.15) is 17.6 Å². The Morgan fingerprint density at radius 1 is 1.19 bits per heavy atom. The molecule has 0 aromatic heterocycles. The molecule has 1 saturated carbocycles. The van der Waals surface area contributed by atoms with Crippen molar-refractivity contribution in [2.75, 3.05) is 26.3 Å². The van der Waals surface area contributed by atoms with Crippen LogP contribution in [-0.2, 0) is 23.9 Å². The predicted octanol–water partition coefficient (Wildman–Crippen LogP) is 3.38. The van der Waals surface area contributed by atoms with E-state index in [1.165, 1.54) is 6.42 Å². The molecule has 37 heavy (non-hydrogen) atoms. The van der Waals surface area contributed by atoms with Crippen LogP contribution in [0.3, 0.4) is 0 Å². The number of fused-ring (bicyclic) bond motifs is 1. The van der Waals surface area contributed by atoms with Crippen LogP contribution in [0.25, 0.3) is 0 Å². The van der Waals surface area contributed by atoms with Crippen LogP contribution in [0.1, 0.15) is 77.6 Å². The number of nitrogens with zero attached hydrogens (tertiary/aromatic N) is 2. The van der Waals surface area contributed by atoms with E-state index in [1.807, 2.05) is 11.8 Å². The Kier molecular flexibility index (Phi) is 8.79. The number of rotatable bonds is 13. The molecule has 4 fully saturated rings. The van der Waals surface area contributed by atoms with Gasteiger partial charge >= 0.3 is 5.97 Å². The molecule has 5 atom stereocenters. The van der Waals surface area contributed by atoms with Gasteiger partial charge in [0.2, 0.25) is 11.8 Å². The Morgan fingerprint density at radius 2 is 1.95 bits per heavy atom. The summed E-state index contributed by atoms with van der Waals surface area (Å²) in [5.74, 6) is -2.24. The first kappa shape index (κ1) is 27.8. The summed E-state index contributed by atoms with van der Waals surface area (Å²) in [6, 6.07) is -0.709. The van der Waals surface area contributed by atoms with Crippen molar-refractivity contribution in [2.24, 2.45) is 11.8 Å². The minimum atomic E-state index is -1.06. The summed E-state index contributed by atoms with van der Waals surface area (Å²) >= 11 is 0. The molecule has 0 aromatic carbocycles. The van der Waals surface area contributed by atoms with Crippen LogP contribution in [0, 0.1) is 11.8 Å². The van der Waals surface area contributed by atoms with Gasteiger partial charge in [0.25, 0.3) is 0 Å². The van der Waals surface area contributed by atoms with Gasteiger partial charge in [-0.15, -0.1) is 13.2 Å². The second kappa shape index (κ2) is 11.7. The van der Waals surface area contributed by atoms with E-state index in [-0.39, 0.29) is 37.6 Å². The Morgan fingerprint density at radius 3 is 2.59 bits per heavy atom. The largest absolute Gasteiger partial charge is 0.465 e. The van der Waals surface area contributed by atoms with Gasteiger partial charge in [0.05, 0.1) is 18.1 Å². The summed E-state index contributed by atoms with van der Waals surface area (Å²) in [6.07, 6.45) is 12.2. The summed E-state index contributed by atoms with van der Waals surface area (Å²) < 4.78 is 12.5. The van der Waals surface area contributed by atoms with Crippen LogP contribution in [0.2, 0.25) is 0 Å². The topological polar surface area (TPSA) is 96.4 Å². The molecule has 8 nitrogen and oxygen atoms in total. The third kappa shape index (κ3) is 4.76. The van der Waals surface area contributed by atoms with Crippen molar-refractivity contribution in [1.82, 2.24) is 9.80 Å². The number of amides is 2. The summed E-state index contributed by atoms with van der Waals surface area (Å²) in [6.45, 7) is 10.4. The number of carbonyl (C=O) groups excluding carboxylic acids is 3. The highest BCUT2D eigenvalue weighted by molar-refractivity contribution is 5.98. The van der Waals surface area contributed by atoms with Crippen molar-refractivity contribution in [3.63, 3.8) is 0 Å². The molecule has 0 radical (unpaired) electrons. The molecule has 3 aliphatic heterocycles. The average Bonchev–Trinajstić information content (AvgIpc) is 3.52. The molecule has 3 saturated heterocycles. The Bertz CT molecular complexity index is 886. The van der Waals surface area contributed by atoms with Crippen molar-refractivity contribution in [3.05, 3.63) is 25.3 Å². The number of esters is 1. The number of ether oxygens (including phenoxy) is 2. The first-order chi connectivity index (χ1) is 17.9. The van der Waals surface area contributed by atoms with Gasteiger partial charge in [-0.2, -0.15) is 0 Å². The Balaban J connectivity index is 1.69. The zero-order chi connectivity index (χ0) is 26.6. The zero-order valence-electron chi connectivity index (χ0n) is 22.4. The standard InChI is InChI=1S/C29H44N2O6/c1-4-7-11-20-36-27(35)23-22-25(33)31(18-12-19-32)24(29(22)16-15-28(23,6-3)37-29)26(34)30(17-5-2)21-13-9-8-10-14-21/h4-5,21-24,32H,1-2,6-20H2,3H3/t22-,23+,24?,28-,29?/m0/s1. The number of aliphatic hydroxyl groups excluding tert-OH is 1. The molecule has 206 valence electrons. The monoisotopic (exact) mass is 516 g/mol. The number of aliphatic hydroxyl groups is 1. The van der Waals surface area contributed by atoms with Gasteiger partial charge in [0, 0.05) is 25.7 Å². The van der Waals surface area contributed by atoms with E-state index in [2.05, 4.69) is 13.2 Å². The van der Waals surface area contributed by atoms with Crippen LogP contribution < -0.4 is 0 Å². The molecule has 2 amide bonds. The number of likely N-dealkylation sites (tertiary alicyclic amines) is 1. The highest BCUT2D eigenvalue weighted by atomic mass is 16.6. The van der Waals surface area contributed by atoms with E-state index in [0.29, 0.717) is 38.6 Å². The van der Waals surface area contributed by atoms with Crippen LogP contribution >= 0.6 is 0 Å². The maximum Gasteiger partial charge on any atom is 0.312 e. The predicted molar refractivity (Wildman–Crippen MR) is 139 cm³/mol. The minimum absolute atomic E-state index is 0.0874. The van der Waals surface area contributed by atoms with Crippen molar-refractivity contribution in [3.8, 4) is 0 Å². The fraction of sp³-hybridized carbons (Fsp3) is 0.759. The van der Waals surface area contributed by atoms with Gasteiger partial charge in [0.15, 0.2) is 0 Å². The third-order valence-corrected chi connectivity index (χ3v) is 9.15. The lowest BCUT2D eigenvalue weighted by Crippen LogP contribution is -2.58. The second-order valence-corrected chi connectivity index (χ2v) is 11.1. The van der Waals surface area contributed by atoms with E-state index in [9.17, 15) is 19.5 Å². The van der Waals surface area contributed by atoms with E-state index < -0.39 is 35.0 Å². The van der Waals surface area contributed by atoms with E-state index >= 15 is 0 Å². The third-order valence-electron chi connectivity index (χ3n) is 9.15. The molecule has 0 aromatic rings. The van der Waals surface area contributed by atoms with Crippen molar-refractivity contribution in [2.45, 2.75) is 101 Å². The van der Waals surface area contributed by atoms with Gasteiger partial charge in [-0.3, -0.25) is 14.4 Å². The summed E-state index contributed by atoms with van der Waals surface area (Å²) in [4.78, 5) is 45.4. The van der Waals surface area contributed by atoms with Crippen LogP contribution in [0.15, 0.2) is 25.3 Å². The van der Waals surface area contributed by atoms with Crippen LogP contribution in [-0.4, -0.2) is 82.3 Å². The Labute approximate surface area is 221 Å². The van der Waals surface area contributed by atoms with Crippen molar-refractivity contribution < 1.29 is 29.0 Å². The average molecular weight is 517 g/mol. The quantitative estimate of drug-likeness (QED) is 0.229. The lowest BCUT2D eigenvalue weighted by molar-refractivity contribution is -0.162. The summed E-state index contributed by atoms with van der Waals surface area (Å²) in [5, 5.41) is 9.57. The van der Waals surface area contributed by atoms with Gasteiger partial charge < -0.3 is 24.4 Å². The van der Waals surface area contributed by atoms with Gasteiger partial charge in [-0.25, -0.2) is 0 Å². The first-order valence-electron chi connectivity index (χ1n) is 14.2. The minimum Gasteiger partial charge on any atom is -0.465 e. The molecule has 3 heterocycles. The van der Waals surface area contributed by atoms with E-state index in [1.54, 1.807) is 17.1 Å². The molecule has 2 bridgehead atoms. The number of allylic oxidation sites excluding steroid dienone is 1. The molecule has 4 rings (SSSR count). The smallest absolute Gasteiger partial charge is 0.312 e. The molecule has 2 unspecified atom stereocenters. The fourth-order valence-corrected chi connectivity index (χ4v) is 7.44. The highest BCUT2D eigenvalue weighted by Gasteiger charge is 2.79. The van der Waals surface area contributed by atoms with Gasteiger partial charge in [-0.05, 0) is 51.4 Å². The molecular formula is C29H44N2O6. The fourth-order valence-electron chi connectivity index (χ4n) is 7.44. The highest BCUT2D eigenvalue weighted by Crippen LogP contribution is 2.64. The first-order valence-corrected chi connectivity index (χ1v) is 14.2. The number of carbonyl (C=O) groups is 3. The van der Waals surface area contributed by atoms with Gasteiger partial charge in [-0.1, -0.05) is 38.3 Å². The maximum absolute atomic E-state index is 14.4. The lowest BCUT2D eigenvalue weighted by atomic mass is 9.65.